The highest BCUT2D eigenvalue weighted by molar-refractivity contribution is 6.33. The molecule has 4 aromatic rings. The normalized spacial score (nSPS) is 11.2. The highest BCUT2D eigenvalue weighted by atomic mass is 35.5. The van der Waals surface area contributed by atoms with Crippen molar-refractivity contribution in [2.24, 2.45) is 5.10 Å². The first-order valence-electron chi connectivity index (χ1n) is 8.76. The Hall–Kier alpha value is -3.44. The number of para-hydroxylation sites is 2. The molecule has 0 aliphatic heterocycles. The average molecular weight is 389 g/mol. The van der Waals surface area contributed by atoms with Gasteiger partial charge in [0.05, 0.1) is 22.8 Å². The molecular formula is C22H17ClN4O. The van der Waals surface area contributed by atoms with Gasteiger partial charge in [-0.15, -0.1) is 0 Å². The minimum atomic E-state index is -0.157. The van der Waals surface area contributed by atoms with Gasteiger partial charge in [-0.2, -0.15) is 5.10 Å². The van der Waals surface area contributed by atoms with Gasteiger partial charge in [0.2, 0.25) is 5.95 Å². The number of nitrogens with zero attached hydrogens (tertiary/aromatic N) is 3. The highest BCUT2D eigenvalue weighted by Crippen LogP contribution is 2.19. The lowest BCUT2D eigenvalue weighted by Gasteiger charge is -2.14. The largest absolute Gasteiger partial charge is 0.268 e. The smallest absolute Gasteiger partial charge is 0.267 e. The standard InChI is InChI=1S/C22H17ClN4O/c1-15-8-2-7-13-20(15)27-21(28)17-10-4-6-12-19(17)25-22(27)26-24-14-16-9-3-5-11-18(16)23/h2-14H,1H3,(H,25,26)/b24-14+. The number of nitrogens with one attached hydrogen (secondary N) is 1. The van der Waals surface area contributed by atoms with E-state index in [1.807, 2.05) is 67.6 Å². The van der Waals surface area contributed by atoms with Crippen molar-refractivity contribution in [1.82, 2.24) is 9.55 Å². The fraction of sp³-hybridized carbons (Fsp3) is 0.0455. The van der Waals surface area contributed by atoms with Crippen LogP contribution in [-0.2, 0) is 0 Å². The SMILES string of the molecule is Cc1ccccc1-n1c(N/N=C/c2ccccc2Cl)nc2ccccc2c1=O. The van der Waals surface area contributed by atoms with Gasteiger partial charge in [0, 0.05) is 10.6 Å². The Morgan fingerprint density at radius 1 is 1.00 bits per heavy atom. The van der Waals surface area contributed by atoms with Gasteiger partial charge in [0.25, 0.3) is 5.56 Å². The van der Waals surface area contributed by atoms with Crippen molar-refractivity contribution in [3.63, 3.8) is 0 Å². The van der Waals surface area contributed by atoms with Crippen LogP contribution in [0, 0.1) is 6.92 Å². The number of hydrogen-bond acceptors (Lipinski definition) is 4. The summed E-state index contributed by atoms with van der Waals surface area (Å²) in [5.41, 5.74) is 5.83. The number of halogens is 1. The molecule has 138 valence electrons. The molecule has 5 nitrogen and oxygen atoms in total. The summed E-state index contributed by atoms with van der Waals surface area (Å²) in [4.78, 5) is 17.8. The second-order valence-corrected chi connectivity index (χ2v) is 6.68. The summed E-state index contributed by atoms with van der Waals surface area (Å²) in [6.45, 7) is 1.95. The summed E-state index contributed by atoms with van der Waals surface area (Å²) in [6.07, 6.45) is 1.60. The maximum atomic E-state index is 13.2. The zero-order valence-electron chi connectivity index (χ0n) is 15.1. The van der Waals surface area contributed by atoms with E-state index in [4.69, 9.17) is 11.6 Å². The highest BCUT2D eigenvalue weighted by Gasteiger charge is 2.13. The van der Waals surface area contributed by atoms with E-state index in [2.05, 4.69) is 15.5 Å². The molecule has 28 heavy (non-hydrogen) atoms. The maximum absolute atomic E-state index is 13.2. The van der Waals surface area contributed by atoms with Crippen LogP contribution in [0.4, 0.5) is 5.95 Å². The van der Waals surface area contributed by atoms with Gasteiger partial charge >= 0.3 is 0 Å². The molecule has 3 aromatic carbocycles. The third-order valence-corrected chi connectivity index (χ3v) is 4.75. The van der Waals surface area contributed by atoms with Gasteiger partial charge in [0.15, 0.2) is 0 Å². The summed E-state index contributed by atoms with van der Waals surface area (Å²) < 4.78 is 1.54. The van der Waals surface area contributed by atoms with Crippen LogP contribution in [0.5, 0.6) is 0 Å². The molecule has 0 amide bonds. The molecule has 0 bridgehead atoms. The number of fused-ring (bicyclic) bond motifs is 1. The number of aryl methyl sites for hydroxylation is 1. The molecule has 0 unspecified atom stereocenters. The predicted octanol–water partition coefficient (Wildman–Crippen LogP) is 4.79. The minimum Gasteiger partial charge on any atom is -0.268 e. The van der Waals surface area contributed by atoms with Crippen LogP contribution in [0.3, 0.4) is 0 Å². The topological polar surface area (TPSA) is 59.3 Å². The molecule has 0 aliphatic carbocycles. The molecule has 0 aliphatic rings. The van der Waals surface area contributed by atoms with E-state index in [1.165, 1.54) is 0 Å². The van der Waals surface area contributed by atoms with Gasteiger partial charge < -0.3 is 0 Å². The summed E-state index contributed by atoms with van der Waals surface area (Å²) in [6, 6.07) is 22.3. The van der Waals surface area contributed by atoms with Crippen molar-refractivity contribution in [3.05, 3.63) is 99.3 Å². The number of anilines is 1. The van der Waals surface area contributed by atoms with E-state index in [-0.39, 0.29) is 5.56 Å². The zero-order valence-corrected chi connectivity index (χ0v) is 15.9. The summed E-state index contributed by atoms with van der Waals surface area (Å²) in [5, 5.41) is 5.40. The number of hydrogen-bond donors (Lipinski definition) is 1. The van der Waals surface area contributed by atoms with E-state index >= 15 is 0 Å². The summed E-state index contributed by atoms with van der Waals surface area (Å²) >= 11 is 6.17. The minimum absolute atomic E-state index is 0.157. The van der Waals surface area contributed by atoms with Crippen molar-refractivity contribution in [2.45, 2.75) is 6.92 Å². The lowest BCUT2D eigenvalue weighted by atomic mass is 10.2. The lowest BCUT2D eigenvalue weighted by molar-refractivity contribution is 0.947. The molecule has 6 heteroatoms. The van der Waals surface area contributed by atoms with Crippen molar-refractivity contribution < 1.29 is 0 Å². The Morgan fingerprint density at radius 3 is 2.54 bits per heavy atom. The molecule has 0 saturated carbocycles. The van der Waals surface area contributed by atoms with E-state index in [0.29, 0.717) is 21.9 Å². The van der Waals surface area contributed by atoms with Gasteiger partial charge in [-0.05, 0) is 36.8 Å². The van der Waals surface area contributed by atoms with Gasteiger partial charge in [-0.25, -0.2) is 15.0 Å². The molecule has 0 saturated heterocycles. The maximum Gasteiger partial charge on any atom is 0.267 e. The van der Waals surface area contributed by atoms with E-state index in [9.17, 15) is 4.79 Å². The summed E-state index contributed by atoms with van der Waals surface area (Å²) in [5.74, 6) is 0.335. The molecule has 4 rings (SSSR count). The second kappa shape index (κ2) is 7.66. The second-order valence-electron chi connectivity index (χ2n) is 6.27. The molecule has 1 N–H and O–H groups in total. The molecular weight excluding hydrogens is 372 g/mol. The van der Waals surface area contributed by atoms with Gasteiger partial charge in [-0.3, -0.25) is 4.79 Å². The Morgan fingerprint density at radius 2 is 1.71 bits per heavy atom. The van der Waals surface area contributed by atoms with Crippen LogP contribution >= 0.6 is 11.6 Å². The summed E-state index contributed by atoms with van der Waals surface area (Å²) in [7, 11) is 0. The van der Waals surface area contributed by atoms with Gasteiger partial charge in [0.1, 0.15) is 0 Å². The Bertz CT molecular complexity index is 1250. The average Bonchev–Trinajstić information content (AvgIpc) is 2.71. The molecule has 0 fully saturated rings. The number of benzene rings is 3. The predicted molar refractivity (Wildman–Crippen MR) is 115 cm³/mol. The van der Waals surface area contributed by atoms with Crippen molar-refractivity contribution >= 4 is 34.7 Å². The van der Waals surface area contributed by atoms with Crippen molar-refractivity contribution in [2.75, 3.05) is 5.43 Å². The van der Waals surface area contributed by atoms with Crippen LogP contribution < -0.4 is 11.0 Å². The molecule has 0 spiro atoms. The molecule has 1 heterocycles. The van der Waals surface area contributed by atoms with Crippen LogP contribution in [-0.4, -0.2) is 15.8 Å². The van der Waals surface area contributed by atoms with Crippen LogP contribution in [0.1, 0.15) is 11.1 Å². The fourth-order valence-corrected chi connectivity index (χ4v) is 3.17. The Balaban J connectivity index is 1.85. The van der Waals surface area contributed by atoms with Crippen LogP contribution in [0.2, 0.25) is 5.02 Å². The third kappa shape index (κ3) is 3.40. The monoisotopic (exact) mass is 388 g/mol. The Kier molecular flexibility index (Phi) is 4.91. The molecule has 0 radical (unpaired) electrons. The number of hydrazone groups is 1. The van der Waals surface area contributed by atoms with E-state index in [1.54, 1.807) is 22.9 Å². The number of rotatable bonds is 4. The van der Waals surface area contributed by atoms with Gasteiger partial charge in [-0.1, -0.05) is 60.1 Å². The molecule has 0 atom stereocenters. The lowest BCUT2D eigenvalue weighted by Crippen LogP contribution is -2.23. The van der Waals surface area contributed by atoms with Crippen LogP contribution in [0.15, 0.2) is 82.7 Å². The fourth-order valence-electron chi connectivity index (χ4n) is 2.98. The first-order chi connectivity index (χ1) is 13.6. The Labute approximate surface area is 166 Å². The first-order valence-corrected chi connectivity index (χ1v) is 9.14. The number of aromatic nitrogens is 2. The molecule has 1 aromatic heterocycles. The van der Waals surface area contributed by atoms with E-state index < -0.39 is 0 Å². The third-order valence-electron chi connectivity index (χ3n) is 4.41. The van der Waals surface area contributed by atoms with Crippen LogP contribution in [0.25, 0.3) is 16.6 Å². The van der Waals surface area contributed by atoms with Crippen molar-refractivity contribution in [1.29, 1.82) is 0 Å². The van der Waals surface area contributed by atoms with Crippen molar-refractivity contribution in [3.8, 4) is 5.69 Å². The van der Waals surface area contributed by atoms with E-state index in [0.717, 1.165) is 16.8 Å². The first kappa shape index (κ1) is 17.9. The zero-order chi connectivity index (χ0) is 19.5. The quantitative estimate of drug-likeness (QED) is 0.403.